The normalized spacial score (nSPS) is 18.0. The first-order valence-corrected chi connectivity index (χ1v) is 8.54. The van der Waals surface area contributed by atoms with E-state index in [9.17, 15) is 18.0 Å². The number of piperidine rings is 1. The van der Waals surface area contributed by atoms with Crippen LogP contribution in [0.15, 0.2) is 42.9 Å². The number of likely N-dealkylation sites (tertiary alicyclic amines) is 1. The van der Waals surface area contributed by atoms with E-state index in [0.717, 1.165) is 30.7 Å². The van der Waals surface area contributed by atoms with Crippen LogP contribution in [0.5, 0.6) is 0 Å². The number of halogens is 3. The second kappa shape index (κ2) is 6.64. The van der Waals surface area contributed by atoms with Crippen molar-refractivity contribution in [2.24, 2.45) is 0 Å². The molecule has 6 nitrogen and oxygen atoms in total. The minimum atomic E-state index is -4.41. The number of fused-ring (bicyclic) bond motifs is 1. The zero-order valence-corrected chi connectivity index (χ0v) is 14.2. The van der Waals surface area contributed by atoms with Crippen LogP contribution in [-0.4, -0.2) is 43.5 Å². The number of hydrogen-bond donors (Lipinski definition) is 0. The predicted octanol–water partition coefficient (Wildman–Crippen LogP) is 3.16. The van der Waals surface area contributed by atoms with Gasteiger partial charge >= 0.3 is 6.18 Å². The zero-order valence-electron chi connectivity index (χ0n) is 14.2. The lowest BCUT2D eigenvalue weighted by Gasteiger charge is -2.33. The SMILES string of the molecule is O=C(c1ccc(C(F)(F)F)cc1)N1CCC[C@H](c2ccnc3ncnn23)C1. The largest absolute Gasteiger partial charge is 0.416 e. The Hall–Kier alpha value is -2.97. The first kappa shape index (κ1) is 17.4. The Kier molecular flexibility index (Phi) is 4.29. The maximum Gasteiger partial charge on any atom is 0.416 e. The molecule has 0 radical (unpaired) electrons. The number of aromatic nitrogens is 4. The van der Waals surface area contributed by atoms with Gasteiger partial charge < -0.3 is 4.90 Å². The highest BCUT2D eigenvalue weighted by molar-refractivity contribution is 5.94. The first-order chi connectivity index (χ1) is 12.9. The van der Waals surface area contributed by atoms with Crippen LogP contribution in [0.4, 0.5) is 13.2 Å². The van der Waals surface area contributed by atoms with Crippen LogP contribution in [-0.2, 0) is 6.18 Å². The Labute approximate surface area is 152 Å². The van der Waals surface area contributed by atoms with E-state index in [4.69, 9.17) is 0 Å². The minimum absolute atomic E-state index is 0.0596. The van der Waals surface area contributed by atoms with E-state index < -0.39 is 11.7 Å². The molecular weight excluding hydrogens is 359 g/mol. The van der Waals surface area contributed by atoms with Gasteiger partial charge in [-0.1, -0.05) is 0 Å². The second-order valence-electron chi connectivity index (χ2n) is 6.51. The van der Waals surface area contributed by atoms with Gasteiger partial charge in [0.2, 0.25) is 0 Å². The maximum absolute atomic E-state index is 12.7. The zero-order chi connectivity index (χ0) is 19.0. The minimum Gasteiger partial charge on any atom is -0.338 e. The smallest absolute Gasteiger partial charge is 0.338 e. The molecule has 3 heterocycles. The standard InChI is InChI=1S/C18H16F3N5O/c19-18(20,21)14-5-3-12(4-6-14)16(27)25-9-1-2-13(10-25)15-7-8-22-17-23-11-24-26(15)17/h3-8,11,13H,1-2,9-10H2/t13-/m0/s1. The van der Waals surface area contributed by atoms with Crippen molar-refractivity contribution in [2.75, 3.05) is 13.1 Å². The van der Waals surface area contributed by atoms with Gasteiger partial charge in [-0.3, -0.25) is 4.79 Å². The maximum atomic E-state index is 12.7. The predicted molar refractivity (Wildman–Crippen MR) is 90.1 cm³/mol. The fraction of sp³-hybridized carbons (Fsp3) is 0.333. The number of carbonyl (C=O) groups is 1. The molecule has 0 aliphatic carbocycles. The molecule has 3 aromatic rings. The van der Waals surface area contributed by atoms with Crippen LogP contribution in [0.1, 0.15) is 40.4 Å². The van der Waals surface area contributed by atoms with Crippen LogP contribution in [0.2, 0.25) is 0 Å². The molecule has 0 unspecified atom stereocenters. The summed E-state index contributed by atoms with van der Waals surface area (Å²) in [6, 6.07) is 6.21. The molecule has 1 amide bonds. The molecule has 27 heavy (non-hydrogen) atoms. The molecule has 1 aliphatic heterocycles. The van der Waals surface area contributed by atoms with Crippen molar-refractivity contribution in [3.8, 4) is 0 Å². The van der Waals surface area contributed by atoms with Gasteiger partial charge in [0.05, 0.1) is 11.3 Å². The number of amides is 1. The van der Waals surface area contributed by atoms with Crippen LogP contribution in [0.3, 0.4) is 0 Å². The summed E-state index contributed by atoms with van der Waals surface area (Å²) in [6.45, 7) is 1.04. The van der Waals surface area contributed by atoms with Crippen molar-refractivity contribution in [1.82, 2.24) is 24.5 Å². The molecule has 0 saturated carbocycles. The van der Waals surface area contributed by atoms with Crippen molar-refractivity contribution in [3.05, 3.63) is 59.7 Å². The molecule has 140 valence electrons. The average molecular weight is 375 g/mol. The third-order valence-electron chi connectivity index (χ3n) is 4.80. The lowest BCUT2D eigenvalue weighted by molar-refractivity contribution is -0.137. The molecule has 1 aliphatic rings. The fourth-order valence-corrected chi connectivity index (χ4v) is 3.45. The summed E-state index contributed by atoms with van der Waals surface area (Å²) in [4.78, 5) is 22.6. The number of rotatable bonds is 2. The Morgan fingerprint density at radius 2 is 1.89 bits per heavy atom. The van der Waals surface area contributed by atoms with Gasteiger partial charge in [-0.05, 0) is 43.2 Å². The summed E-state index contributed by atoms with van der Waals surface area (Å²) in [7, 11) is 0. The molecular formula is C18H16F3N5O. The highest BCUT2D eigenvalue weighted by Crippen LogP contribution is 2.30. The van der Waals surface area contributed by atoms with Gasteiger partial charge in [-0.15, -0.1) is 0 Å². The fourth-order valence-electron chi connectivity index (χ4n) is 3.45. The molecule has 1 fully saturated rings. The van der Waals surface area contributed by atoms with E-state index in [1.54, 1.807) is 15.6 Å². The lowest BCUT2D eigenvalue weighted by atomic mass is 9.94. The van der Waals surface area contributed by atoms with Crippen molar-refractivity contribution < 1.29 is 18.0 Å². The lowest BCUT2D eigenvalue weighted by Crippen LogP contribution is -2.39. The molecule has 2 aromatic heterocycles. The van der Waals surface area contributed by atoms with Gasteiger partial charge in [0, 0.05) is 30.8 Å². The third-order valence-corrected chi connectivity index (χ3v) is 4.80. The summed E-state index contributed by atoms with van der Waals surface area (Å²) in [5.74, 6) is 0.292. The van der Waals surface area contributed by atoms with Crippen LogP contribution in [0, 0.1) is 0 Å². The van der Waals surface area contributed by atoms with E-state index in [2.05, 4.69) is 15.1 Å². The summed E-state index contributed by atoms with van der Waals surface area (Å²) in [5, 5.41) is 4.19. The Balaban J connectivity index is 1.54. The summed E-state index contributed by atoms with van der Waals surface area (Å²) >= 11 is 0. The van der Waals surface area contributed by atoms with Gasteiger partial charge in [0.15, 0.2) is 0 Å². The Morgan fingerprint density at radius 3 is 2.63 bits per heavy atom. The van der Waals surface area contributed by atoms with E-state index >= 15 is 0 Å². The molecule has 1 aromatic carbocycles. The number of alkyl halides is 3. The molecule has 0 spiro atoms. The average Bonchev–Trinajstić information content (AvgIpc) is 3.16. The van der Waals surface area contributed by atoms with Gasteiger partial charge in [0.1, 0.15) is 6.33 Å². The molecule has 1 saturated heterocycles. The number of hydrogen-bond acceptors (Lipinski definition) is 4. The summed E-state index contributed by atoms with van der Waals surface area (Å²) < 4.78 is 39.8. The number of nitrogens with zero attached hydrogens (tertiary/aromatic N) is 5. The van der Waals surface area contributed by atoms with E-state index in [0.29, 0.717) is 18.9 Å². The molecule has 9 heteroatoms. The molecule has 0 N–H and O–H groups in total. The van der Waals surface area contributed by atoms with Crippen molar-refractivity contribution in [3.63, 3.8) is 0 Å². The van der Waals surface area contributed by atoms with Crippen molar-refractivity contribution in [1.29, 1.82) is 0 Å². The van der Waals surface area contributed by atoms with Crippen LogP contribution in [0.25, 0.3) is 5.78 Å². The van der Waals surface area contributed by atoms with Crippen molar-refractivity contribution >= 4 is 11.7 Å². The summed E-state index contributed by atoms with van der Waals surface area (Å²) in [6.07, 6.45) is 0.364. The van der Waals surface area contributed by atoms with E-state index in [-0.39, 0.29) is 17.4 Å². The number of benzene rings is 1. The van der Waals surface area contributed by atoms with Gasteiger partial charge in [-0.25, -0.2) is 9.50 Å². The van der Waals surface area contributed by atoms with Gasteiger partial charge in [-0.2, -0.15) is 23.3 Å². The third kappa shape index (κ3) is 3.36. The highest BCUT2D eigenvalue weighted by Gasteiger charge is 2.31. The van der Waals surface area contributed by atoms with Crippen LogP contribution >= 0.6 is 0 Å². The topological polar surface area (TPSA) is 63.4 Å². The monoisotopic (exact) mass is 375 g/mol. The quantitative estimate of drug-likeness (QED) is 0.690. The van der Waals surface area contributed by atoms with Gasteiger partial charge in [0.25, 0.3) is 11.7 Å². The Morgan fingerprint density at radius 1 is 1.11 bits per heavy atom. The second-order valence-corrected chi connectivity index (χ2v) is 6.51. The van der Waals surface area contributed by atoms with E-state index in [1.165, 1.54) is 18.5 Å². The molecule has 0 bridgehead atoms. The highest BCUT2D eigenvalue weighted by atomic mass is 19.4. The Bertz CT molecular complexity index is 967. The van der Waals surface area contributed by atoms with E-state index in [1.807, 2.05) is 6.07 Å². The van der Waals surface area contributed by atoms with Crippen LogP contribution < -0.4 is 0 Å². The summed E-state index contributed by atoms with van der Waals surface area (Å²) in [5.41, 5.74) is 0.410. The van der Waals surface area contributed by atoms with Crippen molar-refractivity contribution in [2.45, 2.75) is 24.9 Å². The first-order valence-electron chi connectivity index (χ1n) is 8.54. The molecule has 1 atom stereocenters. The molecule has 4 rings (SSSR count). The number of carbonyl (C=O) groups excluding carboxylic acids is 1.